The number of nitrogens with one attached hydrogen (secondary N) is 1. The maximum atomic E-state index is 12.8. The first-order valence-electron chi connectivity index (χ1n) is 10.7. The predicted octanol–water partition coefficient (Wildman–Crippen LogP) is 3.35. The van der Waals surface area contributed by atoms with Crippen molar-refractivity contribution in [1.82, 2.24) is 13.6 Å². The summed E-state index contributed by atoms with van der Waals surface area (Å²) in [6, 6.07) is 8.37. The molecule has 4 rings (SSSR count). The number of aliphatic hydroxyl groups excluding tert-OH is 1. The molecule has 3 atom stereocenters. The summed E-state index contributed by atoms with van der Waals surface area (Å²) in [6.45, 7) is 4.53. The molecule has 2 aromatic heterocycles. The lowest BCUT2D eigenvalue weighted by molar-refractivity contribution is 0.0762. The van der Waals surface area contributed by atoms with Crippen LogP contribution in [0.4, 0.5) is 17.3 Å². The summed E-state index contributed by atoms with van der Waals surface area (Å²) in [7, 11) is 1.81. The Labute approximate surface area is 194 Å². The van der Waals surface area contributed by atoms with Gasteiger partial charge in [-0.1, -0.05) is 13.0 Å². The average Bonchev–Trinajstić information content (AvgIpc) is 3.50. The van der Waals surface area contributed by atoms with Gasteiger partial charge in [0.25, 0.3) is 5.91 Å². The average molecular weight is 474 g/mol. The molecule has 10 nitrogen and oxygen atoms in total. The number of aliphatic hydroxyl groups is 1. The number of carbonyl (C=O) groups excluding carboxylic acids is 1. The molecule has 0 bridgehead atoms. The number of benzene rings is 1. The van der Waals surface area contributed by atoms with E-state index in [0.717, 1.165) is 11.5 Å². The van der Waals surface area contributed by atoms with E-state index in [0.29, 0.717) is 25.2 Å². The number of rotatable bonds is 7. The Hall–Kier alpha value is -3.15. The normalized spacial score (nSPS) is 17.3. The highest BCUT2D eigenvalue weighted by molar-refractivity contribution is 7.14. The third-order valence-corrected chi connectivity index (χ3v) is 6.46. The number of anilines is 3. The molecule has 11 heteroatoms. The molecule has 0 spiro atoms. The Balaban J connectivity index is 1.61. The Kier molecular flexibility index (Phi) is 6.54. The summed E-state index contributed by atoms with van der Waals surface area (Å²) >= 11 is -1.82. The molecule has 1 saturated heterocycles. The monoisotopic (exact) mass is 473 g/mol. The van der Waals surface area contributed by atoms with Gasteiger partial charge in [-0.05, 0) is 44.0 Å². The maximum absolute atomic E-state index is 12.8. The predicted molar refractivity (Wildman–Crippen MR) is 123 cm³/mol. The number of phenolic OH excluding ortho intramolecular Hbond substituents is 1. The summed E-state index contributed by atoms with van der Waals surface area (Å²) in [5.41, 5.74) is 0.347. The standard InChI is InChI=1S/C22H27N5O5S/c1-4-17(18-9-8-13(2)32-18)26(3)21-20(24-33(31)25-21)23-16-7-5-6-15(19(16)29)22(30)27-11-10-14(28)12-27/h5-9,14,17,28-29H,4,10-12H2,1-3H3,(H,23,24)/t14-,17-,33?/m1/s1. The van der Waals surface area contributed by atoms with E-state index in [9.17, 15) is 19.6 Å². The minimum Gasteiger partial charge on any atom is -0.546 e. The molecule has 1 fully saturated rings. The van der Waals surface area contributed by atoms with Crippen molar-refractivity contribution < 1.29 is 24.0 Å². The third-order valence-electron chi connectivity index (χ3n) is 5.79. The SMILES string of the molecule is CC[C@H](c1ccc(C)o1)N(C)c1n[s+]([O-])nc1Nc1cccc(C(=O)N2CC[C@@H](O)C2)c1O. The first-order chi connectivity index (χ1) is 15.8. The first-order valence-corrected chi connectivity index (χ1v) is 11.8. The number of hydrogen-bond acceptors (Lipinski definition) is 9. The van der Waals surface area contributed by atoms with Crippen LogP contribution >= 0.6 is 11.1 Å². The van der Waals surface area contributed by atoms with Crippen LogP contribution < -0.4 is 10.2 Å². The highest BCUT2D eigenvalue weighted by Crippen LogP contribution is 2.38. The van der Waals surface area contributed by atoms with Gasteiger partial charge in [0.2, 0.25) is 11.6 Å². The molecule has 0 radical (unpaired) electrons. The maximum Gasteiger partial charge on any atom is 0.257 e. The number of phenols is 1. The van der Waals surface area contributed by atoms with E-state index in [1.807, 2.05) is 37.9 Å². The number of β-amino-alcohol motifs (C(OH)–C–C–N with tert-alkyl or cyclic N) is 1. The van der Waals surface area contributed by atoms with Gasteiger partial charge in [-0.3, -0.25) is 4.79 Å². The third kappa shape index (κ3) is 4.65. The van der Waals surface area contributed by atoms with Crippen LogP contribution in [0.3, 0.4) is 0 Å². The molecule has 3 heterocycles. The highest BCUT2D eigenvalue weighted by Gasteiger charge is 2.30. The summed E-state index contributed by atoms with van der Waals surface area (Å²) in [4.78, 5) is 16.1. The highest BCUT2D eigenvalue weighted by atomic mass is 32.2. The van der Waals surface area contributed by atoms with Crippen molar-refractivity contribution in [3.8, 4) is 5.75 Å². The number of hydrogen-bond donors (Lipinski definition) is 3. The second-order valence-electron chi connectivity index (χ2n) is 8.09. The lowest BCUT2D eigenvalue weighted by atomic mass is 10.1. The fraction of sp³-hybridized carbons (Fsp3) is 0.409. The minimum absolute atomic E-state index is 0.109. The molecule has 1 aromatic carbocycles. The smallest absolute Gasteiger partial charge is 0.257 e. The van der Waals surface area contributed by atoms with Crippen LogP contribution in [0.1, 0.15) is 47.7 Å². The summed E-state index contributed by atoms with van der Waals surface area (Å²) in [6.07, 6.45) is 0.658. The van der Waals surface area contributed by atoms with Crippen LogP contribution in [0, 0.1) is 6.92 Å². The van der Waals surface area contributed by atoms with E-state index >= 15 is 0 Å². The number of para-hydroxylation sites is 1. The van der Waals surface area contributed by atoms with Gasteiger partial charge in [-0.2, -0.15) is 0 Å². The number of aromatic nitrogens is 2. The van der Waals surface area contributed by atoms with Gasteiger partial charge < -0.3 is 34.3 Å². The number of nitrogens with zero attached hydrogens (tertiary/aromatic N) is 4. The zero-order chi connectivity index (χ0) is 23.7. The molecule has 0 aliphatic carbocycles. The van der Waals surface area contributed by atoms with Gasteiger partial charge in [0, 0.05) is 28.9 Å². The Morgan fingerprint density at radius 3 is 2.82 bits per heavy atom. The van der Waals surface area contributed by atoms with Gasteiger partial charge in [0.05, 0.1) is 23.4 Å². The van der Waals surface area contributed by atoms with Crippen LogP contribution in [-0.4, -0.2) is 60.6 Å². The molecule has 33 heavy (non-hydrogen) atoms. The van der Waals surface area contributed by atoms with Crippen LogP contribution in [0.2, 0.25) is 0 Å². The van der Waals surface area contributed by atoms with Crippen molar-refractivity contribution in [3.63, 3.8) is 0 Å². The Morgan fingerprint density at radius 2 is 2.18 bits per heavy atom. The number of aryl methyl sites for hydroxylation is 1. The zero-order valence-electron chi connectivity index (χ0n) is 18.7. The van der Waals surface area contributed by atoms with Gasteiger partial charge in [0.15, 0.2) is 16.9 Å². The molecule has 3 N–H and O–H groups in total. The lowest BCUT2D eigenvalue weighted by Gasteiger charge is -2.25. The molecular weight excluding hydrogens is 446 g/mol. The topological polar surface area (TPSA) is 138 Å². The van der Waals surface area contributed by atoms with E-state index in [1.165, 1.54) is 11.0 Å². The van der Waals surface area contributed by atoms with E-state index in [4.69, 9.17) is 4.42 Å². The van der Waals surface area contributed by atoms with Gasteiger partial charge in [-0.15, -0.1) is 0 Å². The van der Waals surface area contributed by atoms with Crippen molar-refractivity contribution in [2.24, 2.45) is 0 Å². The van der Waals surface area contributed by atoms with Crippen LogP contribution in [0.15, 0.2) is 34.7 Å². The molecule has 3 aromatic rings. The van der Waals surface area contributed by atoms with Crippen molar-refractivity contribution in [3.05, 3.63) is 47.4 Å². The zero-order valence-corrected chi connectivity index (χ0v) is 19.5. The van der Waals surface area contributed by atoms with Gasteiger partial charge >= 0.3 is 0 Å². The first kappa shape index (κ1) is 23.0. The lowest BCUT2D eigenvalue weighted by Crippen LogP contribution is -2.29. The second-order valence-corrected chi connectivity index (χ2v) is 8.92. The van der Waals surface area contributed by atoms with Crippen molar-refractivity contribution in [1.29, 1.82) is 0 Å². The fourth-order valence-corrected chi connectivity index (χ4v) is 4.74. The summed E-state index contributed by atoms with van der Waals surface area (Å²) in [5, 5.41) is 23.5. The van der Waals surface area contributed by atoms with Gasteiger partial charge in [-0.25, -0.2) is 0 Å². The van der Waals surface area contributed by atoms with Crippen LogP contribution in [0.25, 0.3) is 0 Å². The summed E-state index contributed by atoms with van der Waals surface area (Å²) in [5.74, 6) is 1.50. The van der Waals surface area contributed by atoms with Crippen molar-refractivity contribution in [2.75, 3.05) is 30.4 Å². The number of amides is 1. The largest absolute Gasteiger partial charge is 0.546 e. The number of furan rings is 1. The van der Waals surface area contributed by atoms with Crippen LogP contribution in [-0.2, 0) is 0 Å². The van der Waals surface area contributed by atoms with Gasteiger partial charge in [0.1, 0.15) is 11.5 Å². The van der Waals surface area contributed by atoms with E-state index in [2.05, 4.69) is 14.1 Å². The van der Waals surface area contributed by atoms with E-state index < -0.39 is 17.2 Å². The number of carbonyl (C=O) groups is 1. The Bertz CT molecular complexity index is 1150. The molecule has 1 unspecified atom stereocenters. The molecule has 0 saturated carbocycles. The Morgan fingerprint density at radius 1 is 1.39 bits per heavy atom. The number of likely N-dealkylation sites (tertiary alicyclic amines) is 1. The van der Waals surface area contributed by atoms with E-state index in [-0.39, 0.29) is 41.3 Å². The van der Waals surface area contributed by atoms with Crippen molar-refractivity contribution in [2.45, 2.75) is 38.8 Å². The second kappa shape index (κ2) is 9.38. The van der Waals surface area contributed by atoms with Crippen molar-refractivity contribution >= 4 is 34.4 Å². The van der Waals surface area contributed by atoms with E-state index in [1.54, 1.807) is 12.1 Å². The minimum atomic E-state index is -1.82. The quantitative estimate of drug-likeness (QED) is 0.348. The molecule has 176 valence electrons. The molecule has 1 amide bonds. The summed E-state index contributed by atoms with van der Waals surface area (Å²) < 4.78 is 26.2. The van der Waals surface area contributed by atoms with Crippen LogP contribution in [0.5, 0.6) is 5.75 Å². The fourth-order valence-electron chi connectivity index (χ4n) is 4.05. The molecule has 1 aliphatic heterocycles. The number of aromatic hydroxyl groups is 1. The molecular formula is C22H27N5O5S. The molecule has 1 aliphatic rings.